The van der Waals surface area contributed by atoms with Gasteiger partial charge < -0.3 is 5.73 Å². The fraction of sp³-hybridized carbons (Fsp3) is 0.500. The van der Waals surface area contributed by atoms with Gasteiger partial charge >= 0.3 is 0 Å². The van der Waals surface area contributed by atoms with Crippen LogP contribution in [0.2, 0.25) is 0 Å². The SMILES string of the molecule is Cc1ncc(C(C)C)c(N)c1C. The van der Waals surface area contributed by atoms with Crippen LogP contribution in [0.4, 0.5) is 5.69 Å². The summed E-state index contributed by atoms with van der Waals surface area (Å²) in [5, 5.41) is 0. The highest BCUT2D eigenvalue weighted by molar-refractivity contribution is 5.54. The smallest absolute Gasteiger partial charge is 0.0422 e. The minimum Gasteiger partial charge on any atom is -0.398 e. The van der Waals surface area contributed by atoms with Crippen LogP contribution in [-0.4, -0.2) is 4.98 Å². The van der Waals surface area contributed by atoms with Crippen molar-refractivity contribution in [1.29, 1.82) is 0 Å². The first kappa shape index (κ1) is 9.04. The Kier molecular flexibility index (Phi) is 2.36. The minimum absolute atomic E-state index is 0.455. The van der Waals surface area contributed by atoms with E-state index in [1.165, 1.54) is 0 Å². The van der Waals surface area contributed by atoms with Crippen molar-refractivity contribution in [3.63, 3.8) is 0 Å². The number of anilines is 1. The molecule has 0 fully saturated rings. The zero-order chi connectivity index (χ0) is 9.30. The van der Waals surface area contributed by atoms with Crippen LogP contribution in [0.15, 0.2) is 6.20 Å². The lowest BCUT2D eigenvalue weighted by Gasteiger charge is -2.12. The van der Waals surface area contributed by atoms with E-state index in [1.807, 2.05) is 20.0 Å². The van der Waals surface area contributed by atoms with Gasteiger partial charge in [-0.15, -0.1) is 0 Å². The standard InChI is InChI=1S/C10H16N2/c1-6(2)9-5-12-8(4)7(3)10(9)11/h5-6H,1-4H3,(H2,11,12). The highest BCUT2D eigenvalue weighted by Gasteiger charge is 2.08. The third-order valence-electron chi connectivity index (χ3n) is 2.28. The molecule has 1 heterocycles. The summed E-state index contributed by atoms with van der Waals surface area (Å²) in [6.07, 6.45) is 1.88. The normalized spacial score (nSPS) is 10.8. The van der Waals surface area contributed by atoms with Crippen molar-refractivity contribution in [2.24, 2.45) is 0 Å². The van der Waals surface area contributed by atoms with E-state index in [-0.39, 0.29) is 0 Å². The molecule has 0 bridgehead atoms. The second kappa shape index (κ2) is 3.13. The summed E-state index contributed by atoms with van der Waals surface area (Å²) in [6, 6.07) is 0. The Morgan fingerprint density at radius 1 is 1.33 bits per heavy atom. The number of aryl methyl sites for hydroxylation is 1. The topological polar surface area (TPSA) is 38.9 Å². The Morgan fingerprint density at radius 3 is 2.42 bits per heavy atom. The van der Waals surface area contributed by atoms with Gasteiger partial charge in [0.25, 0.3) is 0 Å². The predicted molar refractivity (Wildman–Crippen MR) is 52.2 cm³/mol. The average Bonchev–Trinajstić information content (AvgIpc) is 2.00. The van der Waals surface area contributed by atoms with E-state index in [2.05, 4.69) is 18.8 Å². The number of nitrogens with two attached hydrogens (primary N) is 1. The Bertz CT molecular complexity index is 290. The summed E-state index contributed by atoms with van der Waals surface area (Å²) in [6.45, 7) is 8.25. The molecule has 0 saturated carbocycles. The first-order chi connectivity index (χ1) is 5.54. The van der Waals surface area contributed by atoms with E-state index in [4.69, 9.17) is 5.73 Å². The maximum atomic E-state index is 5.94. The van der Waals surface area contributed by atoms with Gasteiger partial charge in [0.2, 0.25) is 0 Å². The summed E-state index contributed by atoms with van der Waals surface area (Å²) in [4.78, 5) is 4.28. The highest BCUT2D eigenvalue weighted by Crippen LogP contribution is 2.24. The zero-order valence-corrected chi connectivity index (χ0v) is 8.18. The maximum absolute atomic E-state index is 5.94. The molecule has 0 aliphatic rings. The lowest BCUT2D eigenvalue weighted by Crippen LogP contribution is -2.02. The van der Waals surface area contributed by atoms with Gasteiger partial charge in [0.15, 0.2) is 0 Å². The molecule has 66 valence electrons. The maximum Gasteiger partial charge on any atom is 0.0422 e. The Balaban J connectivity index is 3.27. The molecule has 12 heavy (non-hydrogen) atoms. The number of hydrogen-bond donors (Lipinski definition) is 1. The Morgan fingerprint density at radius 2 is 1.92 bits per heavy atom. The van der Waals surface area contributed by atoms with Crippen LogP contribution in [0.3, 0.4) is 0 Å². The summed E-state index contributed by atoms with van der Waals surface area (Å²) in [7, 11) is 0. The number of nitrogen functional groups attached to an aromatic ring is 1. The molecular formula is C10H16N2. The van der Waals surface area contributed by atoms with Crippen molar-refractivity contribution in [3.05, 3.63) is 23.0 Å². The number of hydrogen-bond acceptors (Lipinski definition) is 2. The lowest BCUT2D eigenvalue weighted by atomic mass is 10.0. The van der Waals surface area contributed by atoms with Crippen molar-refractivity contribution >= 4 is 5.69 Å². The largest absolute Gasteiger partial charge is 0.398 e. The molecule has 0 unspecified atom stereocenters. The van der Waals surface area contributed by atoms with E-state index in [0.717, 1.165) is 22.5 Å². The van der Waals surface area contributed by atoms with E-state index in [9.17, 15) is 0 Å². The second-order valence-corrected chi connectivity index (χ2v) is 3.49. The predicted octanol–water partition coefficient (Wildman–Crippen LogP) is 2.40. The monoisotopic (exact) mass is 164 g/mol. The van der Waals surface area contributed by atoms with Crippen LogP contribution >= 0.6 is 0 Å². The molecule has 0 saturated heterocycles. The van der Waals surface area contributed by atoms with E-state index in [1.54, 1.807) is 0 Å². The second-order valence-electron chi connectivity index (χ2n) is 3.49. The van der Waals surface area contributed by atoms with Crippen LogP contribution in [0, 0.1) is 13.8 Å². The van der Waals surface area contributed by atoms with Crippen molar-refractivity contribution in [2.75, 3.05) is 5.73 Å². The van der Waals surface area contributed by atoms with Crippen LogP contribution < -0.4 is 5.73 Å². The Hall–Kier alpha value is -1.05. The van der Waals surface area contributed by atoms with Gasteiger partial charge in [0.05, 0.1) is 0 Å². The van der Waals surface area contributed by atoms with Gasteiger partial charge in [-0.2, -0.15) is 0 Å². The van der Waals surface area contributed by atoms with Gasteiger partial charge in [0.1, 0.15) is 0 Å². The molecule has 1 aromatic rings. The van der Waals surface area contributed by atoms with Crippen LogP contribution in [0.5, 0.6) is 0 Å². The number of nitrogens with zero attached hydrogens (tertiary/aromatic N) is 1. The van der Waals surface area contributed by atoms with Crippen molar-refractivity contribution in [2.45, 2.75) is 33.6 Å². The lowest BCUT2D eigenvalue weighted by molar-refractivity contribution is 0.856. The molecule has 0 aromatic carbocycles. The molecule has 0 aliphatic carbocycles. The van der Waals surface area contributed by atoms with Gasteiger partial charge in [-0.3, -0.25) is 4.98 Å². The molecule has 0 amide bonds. The molecule has 1 aromatic heterocycles. The number of pyridine rings is 1. The van der Waals surface area contributed by atoms with E-state index in [0.29, 0.717) is 5.92 Å². The first-order valence-electron chi connectivity index (χ1n) is 4.25. The van der Waals surface area contributed by atoms with E-state index < -0.39 is 0 Å². The molecule has 1 rings (SSSR count). The molecular weight excluding hydrogens is 148 g/mol. The van der Waals surface area contributed by atoms with Gasteiger partial charge in [-0.05, 0) is 30.9 Å². The molecule has 0 radical (unpaired) electrons. The summed E-state index contributed by atoms with van der Waals surface area (Å²) in [5.41, 5.74) is 10.1. The van der Waals surface area contributed by atoms with Crippen LogP contribution in [-0.2, 0) is 0 Å². The van der Waals surface area contributed by atoms with Crippen molar-refractivity contribution in [3.8, 4) is 0 Å². The highest BCUT2D eigenvalue weighted by atomic mass is 14.7. The fourth-order valence-electron chi connectivity index (χ4n) is 1.20. The van der Waals surface area contributed by atoms with Crippen molar-refractivity contribution < 1.29 is 0 Å². The molecule has 0 spiro atoms. The fourth-order valence-corrected chi connectivity index (χ4v) is 1.20. The first-order valence-corrected chi connectivity index (χ1v) is 4.25. The average molecular weight is 164 g/mol. The molecule has 2 heteroatoms. The third kappa shape index (κ3) is 1.42. The summed E-state index contributed by atoms with van der Waals surface area (Å²) < 4.78 is 0. The summed E-state index contributed by atoms with van der Waals surface area (Å²) in [5.74, 6) is 0.455. The van der Waals surface area contributed by atoms with Crippen LogP contribution in [0.25, 0.3) is 0 Å². The quantitative estimate of drug-likeness (QED) is 0.692. The van der Waals surface area contributed by atoms with E-state index >= 15 is 0 Å². The van der Waals surface area contributed by atoms with Crippen LogP contribution in [0.1, 0.15) is 36.6 Å². The molecule has 2 nitrogen and oxygen atoms in total. The Labute approximate surface area is 73.8 Å². The third-order valence-corrected chi connectivity index (χ3v) is 2.28. The van der Waals surface area contributed by atoms with Gasteiger partial charge in [0, 0.05) is 17.6 Å². The molecule has 2 N–H and O–H groups in total. The molecule has 0 aliphatic heterocycles. The van der Waals surface area contributed by atoms with Crippen molar-refractivity contribution in [1.82, 2.24) is 4.98 Å². The minimum atomic E-state index is 0.455. The number of rotatable bonds is 1. The zero-order valence-electron chi connectivity index (χ0n) is 8.18. The molecule has 0 atom stereocenters. The summed E-state index contributed by atoms with van der Waals surface area (Å²) >= 11 is 0. The van der Waals surface area contributed by atoms with Gasteiger partial charge in [-0.25, -0.2) is 0 Å². The van der Waals surface area contributed by atoms with Gasteiger partial charge in [-0.1, -0.05) is 13.8 Å². The number of aromatic nitrogens is 1.